The van der Waals surface area contributed by atoms with Gasteiger partial charge in [-0.2, -0.15) is 10.2 Å². The van der Waals surface area contributed by atoms with Crippen LogP contribution in [0.2, 0.25) is 0 Å². The van der Waals surface area contributed by atoms with E-state index < -0.39 is 5.91 Å². The van der Waals surface area contributed by atoms with Crippen molar-refractivity contribution in [1.82, 2.24) is 15.1 Å². The smallest absolute Gasteiger partial charge is 0.256 e. The fourth-order valence-corrected chi connectivity index (χ4v) is 2.56. The molecule has 0 atom stereocenters. The fourth-order valence-electron chi connectivity index (χ4n) is 2.56. The van der Waals surface area contributed by atoms with Gasteiger partial charge in [-0.3, -0.25) is 9.59 Å². The molecule has 0 radical (unpaired) electrons. The summed E-state index contributed by atoms with van der Waals surface area (Å²) >= 11 is 0. The Bertz CT molecular complexity index is 756. The third kappa shape index (κ3) is 3.36. The summed E-state index contributed by atoms with van der Waals surface area (Å²) in [6, 6.07) is 9.03. The van der Waals surface area contributed by atoms with Gasteiger partial charge in [0.2, 0.25) is 5.91 Å². The van der Waals surface area contributed by atoms with Crippen molar-refractivity contribution in [3.63, 3.8) is 0 Å². The van der Waals surface area contributed by atoms with E-state index in [-0.39, 0.29) is 11.9 Å². The fraction of sp³-hybridized carbons (Fsp3) is 0.294. The van der Waals surface area contributed by atoms with Crippen molar-refractivity contribution in [1.29, 1.82) is 0 Å². The number of amides is 2. The Morgan fingerprint density at radius 2 is 2.09 bits per heavy atom. The molecule has 2 N–H and O–H groups in total. The maximum Gasteiger partial charge on any atom is 0.256 e. The van der Waals surface area contributed by atoms with E-state index in [2.05, 4.69) is 10.2 Å². The van der Waals surface area contributed by atoms with Crippen molar-refractivity contribution in [3.05, 3.63) is 58.9 Å². The first-order chi connectivity index (χ1) is 11.1. The third-order valence-corrected chi connectivity index (χ3v) is 3.95. The van der Waals surface area contributed by atoms with E-state index in [0.29, 0.717) is 23.4 Å². The molecule has 0 bridgehead atoms. The molecule has 1 aliphatic carbocycles. The van der Waals surface area contributed by atoms with E-state index >= 15 is 0 Å². The Balaban J connectivity index is 1.85. The van der Waals surface area contributed by atoms with Crippen molar-refractivity contribution < 1.29 is 9.59 Å². The molecule has 1 aromatic carbocycles. The molecular weight excluding hydrogens is 292 g/mol. The Morgan fingerprint density at radius 1 is 1.30 bits per heavy atom. The van der Waals surface area contributed by atoms with Gasteiger partial charge in [0, 0.05) is 18.2 Å². The molecule has 1 fully saturated rings. The van der Waals surface area contributed by atoms with Crippen molar-refractivity contribution >= 4 is 11.8 Å². The number of benzene rings is 1. The second-order valence-electron chi connectivity index (χ2n) is 5.76. The van der Waals surface area contributed by atoms with E-state index in [1.54, 1.807) is 31.2 Å². The van der Waals surface area contributed by atoms with Crippen LogP contribution in [0.15, 0.2) is 36.5 Å². The number of aryl methyl sites for hydroxylation is 1. The average molecular weight is 310 g/mol. The van der Waals surface area contributed by atoms with Crippen LogP contribution in [-0.4, -0.2) is 33.0 Å². The van der Waals surface area contributed by atoms with Gasteiger partial charge in [0.15, 0.2) is 0 Å². The molecule has 0 aliphatic heterocycles. The molecule has 0 spiro atoms. The molecule has 23 heavy (non-hydrogen) atoms. The predicted octanol–water partition coefficient (Wildman–Crippen LogP) is 1.69. The minimum atomic E-state index is -0.467. The molecule has 2 amide bonds. The lowest BCUT2D eigenvalue weighted by molar-refractivity contribution is 0.0728. The van der Waals surface area contributed by atoms with Crippen LogP contribution < -0.4 is 5.73 Å². The van der Waals surface area contributed by atoms with E-state index in [0.717, 1.165) is 18.4 Å². The lowest BCUT2D eigenvalue weighted by atomic mass is 10.1. The average Bonchev–Trinajstić information content (AvgIpc) is 3.37. The van der Waals surface area contributed by atoms with Gasteiger partial charge in [-0.25, -0.2) is 0 Å². The second-order valence-corrected chi connectivity index (χ2v) is 5.76. The number of hydrogen-bond acceptors (Lipinski definition) is 4. The van der Waals surface area contributed by atoms with Gasteiger partial charge in [-0.15, -0.1) is 0 Å². The minimum Gasteiger partial charge on any atom is -0.366 e. The number of carbonyl (C=O) groups is 2. The summed E-state index contributed by atoms with van der Waals surface area (Å²) in [7, 11) is 0. The first-order valence-corrected chi connectivity index (χ1v) is 7.54. The lowest BCUT2D eigenvalue weighted by Gasteiger charge is -2.23. The minimum absolute atomic E-state index is 0.0515. The molecule has 1 aromatic heterocycles. The molecule has 0 unspecified atom stereocenters. The quantitative estimate of drug-likeness (QED) is 0.910. The first-order valence-electron chi connectivity index (χ1n) is 7.54. The van der Waals surface area contributed by atoms with Crippen molar-refractivity contribution in [2.75, 3.05) is 0 Å². The normalized spacial score (nSPS) is 13.6. The van der Waals surface area contributed by atoms with Gasteiger partial charge in [0.25, 0.3) is 5.91 Å². The number of aromatic nitrogens is 2. The van der Waals surface area contributed by atoms with Crippen LogP contribution in [0, 0.1) is 6.92 Å². The van der Waals surface area contributed by atoms with Gasteiger partial charge >= 0.3 is 0 Å². The van der Waals surface area contributed by atoms with Crippen LogP contribution in [0.25, 0.3) is 0 Å². The van der Waals surface area contributed by atoms with E-state index in [1.807, 2.05) is 11.0 Å². The molecule has 2 aromatic rings. The number of primary amides is 1. The first kappa shape index (κ1) is 15.1. The van der Waals surface area contributed by atoms with Crippen LogP contribution in [0.1, 0.15) is 44.8 Å². The molecule has 1 heterocycles. The second kappa shape index (κ2) is 6.16. The lowest BCUT2D eigenvalue weighted by Crippen LogP contribution is -2.33. The standard InChI is InChI=1S/C17H18N4O2/c1-11-15(7-8-19-20-11)17(23)21(14-5-6-14)10-12-3-2-4-13(9-12)16(18)22/h2-4,7-9,14H,5-6,10H2,1H3,(H2,18,22). The Labute approximate surface area is 134 Å². The molecule has 0 saturated heterocycles. The maximum absolute atomic E-state index is 12.8. The maximum atomic E-state index is 12.8. The zero-order valence-electron chi connectivity index (χ0n) is 12.9. The summed E-state index contributed by atoms with van der Waals surface area (Å²) in [5, 5.41) is 7.74. The highest BCUT2D eigenvalue weighted by Gasteiger charge is 2.33. The Hall–Kier alpha value is -2.76. The van der Waals surface area contributed by atoms with Crippen LogP contribution in [0.3, 0.4) is 0 Å². The predicted molar refractivity (Wildman–Crippen MR) is 84.6 cm³/mol. The molecular formula is C17H18N4O2. The van der Waals surface area contributed by atoms with E-state index in [9.17, 15) is 9.59 Å². The molecule has 1 aliphatic rings. The van der Waals surface area contributed by atoms with Gasteiger partial charge in [-0.1, -0.05) is 12.1 Å². The van der Waals surface area contributed by atoms with Crippen molar-refractivity contribution in [2.24, 2.45) is 5.73 Å². The molecule has 3 rings (SSSR count). The molecule has 6 nitrogen and oxygen atoms in total. The van der Waals surface area contributed by atoms with Gasteiger partial charge in [-0.05, 0) is 43.5 Å². The highest BCUT2D eigenvalue weighted by atomic mass is 16.2. The van der Waals surface area contributed by atoms with Gasteiger partial charge in [0.05, 0.1) is 17.5 Å². The zero-order valence-corrected chi connectivity index (χ0v) is 12.9. The van der Waals surface area contributed by atoms with E-state index in [1.165, 1.54) is 6.20 Å². The number of nitrogens with zero attached hydrogens (tertiary/aromatic N) is 3. The molecule has 1 saturated carbocycles. The van der Waals surface area contributed by atoms with Crippen LogP contribution in [0.5, 0.6) is 0 Å². The van der Waals surface area contributed by atoms with Gasteiger partial charge in [0.1, 0.15) is 0 Å². The summed E-state index contributed by atoms with van der Waals surface area (Å²) in [5.41, 5.74) is 7.85. The largest absolute Gasteiger partial charge is 0.366 e. The summed E-state index contributed by atoms with van der Waals surface area (Å²) in [4.78, 5) is 26.0. The number of rotatable bonds is 5. The summed E-state index contributed by atoms with van der Waals surface area (Å²) in [5.74, 6) is -0.519. The topological polar surface area (TPSA) is 89.2 Å². The highest BCUT2D eigenvalue weighted by Crippen LogP contribution is 2.30. The summed E-state index contributed by atoms with van der Waals surface area (Å²) in [6.45, 7) is 2.23. The monoisotopic (exact) mass is 310 g/mol. The molecule has 118 valence electrons. The highest BCUT2D eigenvalue weighted by molar-refractivity contribution is 5.95. The Kier molecular flexibility index (Phi) is 4.06. The summed E-state index contributed by atoms with van der Waals surface area (Å²) in [6.07, 6.45) is 3.52. The van der Waals surface area contributed by atoms with Crippen molar-refractivity contribution in [2.45, 2.75) is 32.4 Å². The van der Waals surface area contributed by atoms with Crippen LogP contribution in [-0.2, 0) is 6.54 Å². The Morgan fingerprint density at radius 3 is 2.74 bits per heavy atom. The third-order valence-electron chi connectivity index (χ3n) is 3.95. The van der Waals surface area contributed by atoms with Gasteiger partial charge < -0.3 is 10.6 Å². The van der Waals surface area contributed by atoms with E-state index in [4.69, 9.17) is 5.73 Å². The SMILES string of the molecule is Cc1nnccc1C(=O)N(Cc1cccc(C(N)=O)c1)C1CC1. The zero-order chi connectivity index (χ0) is 16.4. The van der Waals surface area contributed by atoms with Crippen molar-refractivity contribution in [3.8, 4) is 0 Å². The number of hydrogen-bond donors (Lipinski definition) is 1. The number of nitrogens with two attached hydrogens (primary N) is 1. The number of carbonyl (C=O) groups excluding carboxylic acids is 2. The van der Waals surface area contributed by atoms with Crippen LogP contribution in [0.4, 0.5) is 0 Å². The molecule has 6 heteroatoms. The van der Waals surface area contributed by atoms with Crippen LogP contribution >= 0.6 is 0 Å². The summed E-state index contributed by atoms with van der Waals surface area (Å²) < 4.78 is 0.